The van der Waals surface area contributed by atoms with Gasteiger partial charge in [-0.1, -0.05) is 38.2 Å². The molecule has 0 spiro atoms. The second-order valence-electron chi connectivity index (χ2n) is 9.40. The normalized spacial score (nSPS) is 20.3. The largest absolute Gasteiger partial charge is 0.365 e. The quantitative estimate of drug-likeness (QED) is 0.436. The molecule has 0 bridgehead atoms. The molecule has 1 aromatic heterocycles. The van der Waals surface area contributed by atoms with Crippen molar-refractivity contribution in [2.75, 3.05) is 23.7 Å². The van der Waals surface area contributed by atoms with E-state index >= 15 is 0 Å². The molecule has 2 aliphatic rings. The van der Waals surface area contributed by atoms with E-state index < -0.39 is 21.7 Å². The van der Waals surface area contributed by atoms with E-state index in [1.807, 2.05) is 0 Å². The van der Waals surface area contributed by atoms with Crippen molar-refractivity contribution in [3.05, 3.63) is 40.2 Å². The lowest BCUT2D eigenvalue weighted by Crippen LogP contribution is -2.48. The Morgan fingerprint density at radius 1 is 1.11 bits per heavy atom. The number of carbonyl (C=O) groups excluding carboxylic acids is 1. The van der Waals surface area contributed by atoms with Crippen LogP contribution in [-0.2, 0) is 10.0 Å². The second kappa shape index (κ2) is 11.8. The van der Waals surface area contributed by atoms with Gasteiger partial charge in [0.05, 0.1) is 21.0 Å². The van der Waals surface area contributed by atoms with Crippen molar-refractivity contribution in [1.29, 1.82) is 0 Å². The van der Waals surface area contributed by atoms with Gasteiger partial charge in [0.15, 0.2) is 0 Å². The van der Waals surface area contributed by atoms with Crippen LogP contribution in [0.1, 0.15) is 68.1 Å². The number of rotatable bonds is 7. The number of nitrogens with zero attached hydrogens (tertiary/aromatic N) is 3. The van der Waals surface area contributed by atoms with Crippen LogP contribution in [0.25, 0.3) is 0 Å². The number of aromatic nitrogens is 2. The van der Waals surface area contributed by atoms with Crippen molar-refractivity contribution in [3.8, 4) is 0 Å². The maximum atomic E-state index is 14.2. The lowest BCUT2D eigenvalue weighted by Gasteiger charge is -2.35. The number of sulfonamides is 1. The van der Waals surface area contributed by atoms with E-state index in [0.717, 1.165) is 57.4 Å². The average Bonchev–Trinajstić information content (AvgIpc) is 2.81. The minimum atomic E-state index is -3.37. The third kappa shape index (κ3) is 6.33. The fourth-order valence-corrected chi connectivity index (χ4v) is 7.34. The number of primary amides is 1. The number of piperidine rings is 1. The highest BCUT2D eigenvalue weighted by molar-refractivity contribution is 9.10. The molecule has 2 fully saturated rings. The van der Waals surface area contributed by atoms with E-state index in [2.05, 4.69) is 36.5 Å². The number of benzene rings is 1. The van der Waals surface area contributed by atoms with Crippen LogP contribution in [0.3, 0.4) is 0 Å². The average molecular weight is 584 g/mol. The van der Waals surface area contributed by atoms with E-state index in [-0.39, 0.29) is 22.5 Å². The van der Waals surface area contributed by atoms with Crippen molar-refractivity contribution in [1.82, 2.24) is 14.3 Å². The maximum absolute atomic E-state index is 14.2. The number of anilines is 3. The highest BCUT2D eigenvalue weighted by atomic mass is 79.9. The molecule has 12 heteroatoms. The molecule has 1 saturated carbocycles. The van der Waals surface area contributed by atoms with Crippen LogP contribution in [-0.4, -0.2) is 53.0 Å². The topological polar surface area (TPSA) is 130 Å². The van der Waals surface area contributed by atoms with E-state index in [9.17, 15) is 17.6 Å². The minimum absolute atomic E-state index is 0.147. The van der Waals surface area contributed by atoms with Gasteiger partial charge in [-0.05, 0) is 53.7 Å². The van der Waals surface area contributed by atoms with Crippen LogP contribution >= 0.6 is 15.9 Å². The predicted molar refractivity (Wildman–Crippen MR) is 141 cm³/mol. The van der Waals surface area contributed by atoms with Gasteiger partial charge in [-0.25, -0.2) is 17.8 Å². The first-order valence-electron chi connectivity index (χ1n) is 12.4. The SMILES string of the molecule is NC(=O)c1c(F)cccc1Nc1nc(N[C@@H]2CCCN(S(=O)(=O)C3CCCCCCC3)C2)ncc1Br. The summed E-state index contributed by atoms with van der Waals surface area (Å²) in [5.74, 6) is -1.01. The van der Waals surface area contributed by atoms with Crippen LogP contribution in [0.2, 0.25) is 0 Å². The van der Waals surface area contributed by atoms with Gasteiger partial charge in [0.25, 0.3) is 5.91 Å². The first kappa shape index (κ1) is 26.7. The van der Waals surface area contributed by atoms with Crippen LogP contribution in [0.4, 0.5) is 21.8 Å². The lowest BCUT2D eigenvalue weighted by molar-refractivity contribution is 0.0997. The van der Waals surface area contributed by atoms with Gasteiger partial charge in [-0.15, -0.1) is 0 Å². The summed E-state index contributed by atoms with van der Waals surface area (Å²) in [6.45, 7) is 0.886. The zero-order valence-electron chi connectivity index (χ0n) is 20.1. The van der Waals surface area contributed by atoms with Crippen molar-refractivity contribution in [2.45, 2.75) is 69.1 Å². The van der Waals surface area contributed by atoms with Crippen LogP contribution in [0.5, 0.6) is 0 Å². The summed E-state index contributed by atoms with van der Waals surface area (Å²) in [7, 11) is -3.37. The molecule has 1 aromatic carbocycles. The Bertz CT molecular complexity index is 1190. The third-order valence-electron chi connectivity index (χ3n) is 6.81. The molecular weight excluding hydrogens is 551 g/mol. The van der Waals surface area contributed by atoms with Gasteiger partial charge in [-0.3, -0.25) is 4.79 Å². The van der Waals surface area contributed by atoms with E-state index in [0.29, 0.717) is 29.3 Å². The third-order valence-corrected chi connectivity index (χ3v) is 9.75. The summed E-state index contributed by atoms with van der Waals surface area (Å²) in [6, 6.07) is 4.01. The zero-order chi connectivity index (χ0) is 25.7. The van der Waals surface area contributed by atoms with Gasteiger partial charge in [0.2, 0.25) is 16.0 Å². The van der Waals surface area contributed by atoms with Crippen molar-refractivity contribution >= 4 is 49.3 Å². The molecule has 36 heavy (non-hydrogen) atoms. The summed E-state index contributed by atoms with van der Waals surface area (Å²) in [5.41, 5.74) is 5.27. The molecule has 0 radical (unpaired) electrons. The summed E-state index contributed by atoms with van der Waals surface area (Å²) in [5, 5.41) is 5.89. The summed E-state index contributed by atoms with van der Waals surface area (Å²) < 4.78 is 43.1. The first-order chi connectivity index (χ1) is 17.3. The highest BCUT2D eigenvalue weighted by Crippen LogP contribution is 2.29. The van der Waals surface area contributed by atoms with Gasteiger partial charge >= 0.3 is 0 Å². The number of hydrogen-bond donors (Lipinski definition) is 3. The van der Waals surface area contributed by atoms with Gasteiger partial charge in [0, 0.05) is 25.3 Å². The first-order valence-corrected chi connectivity index (χ1v) is 14.7. The second-order valence-corrected chi connectivity index (χ2v) is 12.5. The molecule has 1 aliphatic carbocycles. The Morgan fingerprint density at radius 3 is 2.56 bits per heavy atom. The lowest BCUT2D eigenvalue weighted by atomic mass is 10.0. The number of nitrogens with one attached hydrogen (secondary N) is 2. The Labute approximate surface area is 219 Å². The molecule has 1 saturated heterocycles. The number of halogens is 2. The summed E-state index contributed by atoms with van der Waals surface area (Å²) in [4.78, 5) is 20.5. The van der Waals surface area contributed by atoms with Crippen LogP contribution < -0.4 is 16.4 Å². The number of nitrogens with two attached hydrogens (primary N) is 1. The summed E-state index contributed by atoms with van der Waals surface area (Å²) in [6.07, 6.45) is 9.85. The fourth-order valence-electron chi connectivity index (χ4n) is 4.93. The molecular formula is C24H32BrFN6O3S. The molecule has 2 heterocycles. The maximum Gasteiger partial charge on any atom is 0.253 e. The Hall–Kier alpha value is -2.31. The van der Waals surface area contributed by atoms with Crippen molar-refractivity contribution in [2.24, 2.45) is 5.73 Å². The highest BCUT2D eigenvalue weighted by Gasteiger charge is 2.35. The Morgan fingerprint density at radius 2 is 1.83 bits per heavy atom. The molecule has 1 amide bonds. The minimum Gasteiger partial charge on any atom is -0.365 e. The molecule has 4 N–H and O–H groups in total. The zero-order valence-corrected chi connectivity index (χ0v) is 22.5. The van der Waals surface area contributed by atoms with E-state index in [4.69, 9.17) is 5.73 Å². The van der Waals surface area contributed by atoms with Crippen molar-refractivity contribution < 1.29 is 17.6 Å². The molecule has 4 rings (SSSR count). The van der Waals surface area contributed by atoms with Crippen LogP contribution in [0.15, 0.2) is 28.9 Å². The van der Waals surface area contributed by atoms with E-state index in [1.165, 1.54) is 24.8 Å². The fraction of sp³-hybridized carbons (Fsp3) is 0.542. The molecule has 9 nitrogen and oxygen atoms in total. The van der Waals surface area contributed by atoms with Gasteiger partial charge in [0.1, 0.15) is 11.6 Å². The smallest absolute Gasteiger partial charge is 0.253 e. The molecule has 0 unspecified atom stereocenters. The molecule has 196 valence electrons. The standard InChI is InChI=1S/C24H32BrFN6O3S/c25-18-14-28-24(31-23(18)30-20-12-6-11-19(26)21(20)22(27)33)29-16-8-7-13-32(15-16)36(34,35)17-9-4-2-1-3-5-10-17/h6,11-12,14,16-17H,1-5,7-10,13,15H2,(H2,27,33)(H2,28,29,30,31)/t16-/m1/s1. The molecule has 1 aliphatic heterocycles. The predicted octanol–water partition coefficient (Wildman–Crippen LogP) is 4.54. The molecule has 2 aromatic rings. The van der Waals surface area contributed by atoms with Gasteiger partial charge < -0.3 is 16.4 Å². The van der Waals surface area contributed by atoms with E-state index in [1.54, 1.807) is 4.31 Å². The van der Waals surface area contributed by atoms with Crippen molar-refractivity contribution in [3.63, 3.8) is 0 Å². The van der Waals surface area contributed by atoms with Gasteiger partial charge in [-0.2, -0.15) is 9.29 Å². The Balaban J connectivity index is 1.47. The Kier molecular flexibility index (Phi) is 8.78. The molecule has 1 atom stereocenters. The number of hydrogen-bond acceptors (Lipinski definition) is 7. The monoisotopic (exact) mass is 582 g/mol. The number of amides is 1. The van der Waals surface area contributed by atoms with Crippen LogP contribution in [0, 0.1) is 5.82 Å². The number of carbonyl (C=O) groups is 1. The summed E-state index contributed by atoms with van der Waals surface area (Å²) >= 11 is 3.37.